The Bertz CT molecular complexity index is 230. The van der Waals surface area contributed by atoms with E-state index in [2.05, 4.69) is 33.9 Å². The summed E-state index contributed by atoms with van der Waals surface area (Å²) in [5.74, 6) is 0. The molecule has 0 radical (unpaired) electrons. The Hall–Kier alpha value is -0.240. The lowest BCUT2D eigenvalue weighted by Crippen LogP contribution is -1.86. The average molecular weight is 244 g/mol. The Labute approximate surface area is 89.1 Å². The second kappa shape index (κ2) is 6.25. The average Bonchev–Trinajstić information content (AvgIpc) is 2.52. The SMILES string of the molecule is CCCCCCCc1[nH]ccc1Br. The van der Waals surface area contributed by atoms with Crippen molar-refractivity contribution in [3.05, 3.63) is 22.4 Å². The van der Waals surface area contributed by atoms with Gasteiger partial charge in [0.2, 0.25) is 0 Å². The first-order chi connectivity index (χ1) is 6.34. The van der Waals surface area contributed by atoms with Gasteiger partial charge in [-0.2, -0.15) is 0 Å². The van der Waals surface area contributed by atoms with Crippen LogP contribution in [0.5, 0.6) is 0 Å². The van der Waals surface area contributed by atoms with Crippen LogP contribution in [0.25, 0.3) is 0 Å². The molecule has 0 bridgehead atoms. The van der Waals surface area contributed by atoms with Gasteiger partial charge in [0.05, 0.1) is 0 Å². The van der Waals surface area contributed by atoms with Crippen LogP contribution in [-0.2, 0) is 6.42 Å². The van der Waals surface area contributed by atoms with Gasteiger partial charge in [0.25, 0.3) is 0 Å². The molecule has 0 saturated carbocycles. The summed E-state index contributed by atoms with van der Waals surface area (Å²) in [6, 6.07) is 2.07. The monoisotopic (exact) mass is 243 g/mol. The first-order valence-corrected chi connectivity index (χ1v) is 5.95. The summed E-state index contributed by atoms with van der Waals surface area (Å²) >= 11 is 3.52. The van der Waals surface area contributed by atoms with E-state index in [1.54, 1.807) is 0 Å². The van der Waals surface area contributed by atoms with Crippen LogP contribution in [0.2, 0.25) is 0 Å². The van der Waals surface area contributed by atoms with Crippen LogP contribution < -0.4 is 0 Å². The second-order valence-electron chi connectivity index (χ2n) is 3.47. The minimum absolute atomic E-state index is 1.18. The van der Waals surface area contributed by atoms with E-state index in [4.69, 9.17) is 0 Å². The van der Waals surface area contributed by atoms with E-state index in [-0.39, 0.29) is 0 Å². The fraction of sp³-hybridized carbons (Fsp3) is 0.636. The number of rotatable bonds is 6. The van der Waals surface area contributed by atoms with Crippen LogP contribution in [-0.4, -0.2) is 4.98 Å². The van der Waals surface area contributed by atoms with E-state index in [1.807, 2.05) is 6.20 Å². The van der Waals surface area contributed by atoms with Gasteiger partial charge in [0, 0.05) is 16.4 Å². The minimum atomic E-state index is 1.18. The predicted molar refractivity (Wildman–Crippen MR) is 61.0 cm³/mol. The fourth-order valence-corrected chi connectivity index (χ4v) is 1.93. The van der Waals surface area contributed by atoms with Crippen LogP contribution in [0.1, 0.15) is 44.7 Å². The largest absolute Gasteiger partial charge is 0.364 e. The molecule has 0 atom stereocenters. The maximum atomic E-state index is 3.52. The van der Waals surface area contributed by atoms with Crippen molar-refractivity contribution in [3.8, 4) is 0 Å². The molecule has 2 heteroatoms. The summed E-state index contributed by atoms with van der Waals surface area (Å²) in [5, 5.41) is 0. The highest BCUT2D eigenvalue weighted by Crippen LogP contribution is 2.17. The Kier molecular flexibility index (Phi) is 5.21. The third kappa shape index (κ3) is 3.99. The molecule has 1 N–H and O–H groups in total. The molecule has 0 aliphatic heterocycles. The van der Waals surface area contributed by atoms with Gasteiger partial charge in [-0.05, 0) is 34.8 Å². The fourth-order valence-electron chi connectivity index (χ4n) is 1.48. The molecule has 1 heterocycles. The number of aromatic amines is 1. The molecule has 1 aromatic rings. The third-order valence-corrected chi connectivity index (χ3v) is 3.05. The molecule has 0 saturated heterocycles. The number of nitrogens with one attached hydrogen (secondary N) is 1. The van der Waals surface area contributed by atoms with Gasteiger partial charge in [0.15, 0.2) is 0 Å². The van der Waals surface area contributed by atoms with Crippen molar-refractivity contribution in [2.24, 2.45) is 0 Å². The zero-order valence-electron chi connectivity index (χ0n) is 8.28. The topological polar surface area (TPSA) is 15.8 Å². The number of halogens is 1. The van der Waals surface area contributed by atoms with Gasteiger partial charge in [-0.1, -0.05) is 32.6 Å². The van der Waals surface area contributed by atoms with Crippen molar-refractivity contribution in [1.29, 1.82) is 0 Å². The highest BCUT2D eigenvalue weighted by atomic mass is 79.9. The molecule has 0 unspecified atom stereocenters. The summed E-state index contributed by atoms with van der Waals surface area (Å²) in [7, 11) is 0. The Balaban J connectivity index is 2.10. The predicted octanol–water partition coefficient (Wildman–Crippen LogP) is 4.29. The van der Waals surface area contributed by atoms with Gasteiger partial charge in [-0.25, -0.2) is 0 Å². The molecular formula is C11H18BrN. The zero-order valence-corrected chi connectivity index (χ0v) is 9.86. The lowest BCUT2D eigenvalue weighted by molar-refractivity contribution is 0.628. The van der Waals surface area contributed by atoms with Crippen molar-refractivity contribution >= 4 is 15.9 Å². The van der Waals surface area contributed by atoms with E-state index < -0.39 is 0 Å². The van der Waals surface area contributed by atoms with Crippen molar-refractivity contribution < 1.29 is 0 Å². The van der Waals surface area contributed by atoms with Gasteiger partial charge in [-0.15, -0.1) is 0 Å². The van der Waals surface area contributed by atoms with E-state index >= 15 is 0 Å². The molecule has 1 aromatic heterocycles. The molecule has 74 valence electrons. The van der Waals surface area contributed by atoms with Gasteiger partial charge < -0.3 is 4.98 Å². The number of hydrogen-bond acceptors (Lipinski definition) is 0. The van der Waals surface area contributed by atoms with Crippen molar-refractivity contribution in [2.45, 2.75) is 45.4 Å². The molecule has 13 heavy (non-hydrogen) atoms. The van der Waals surface area contributed by atoms with Crippen molar-refractivity contribution in [2.75, 3.05) is 0 Å². The standard InChI is InChI=1S/C11H18BrN/c1-2-3-4-5-6-7-11-10(12)8-9-13-11/h8-9,13H,2-7H2,1H3. The Morgan fingerprint density at radius 2 is 2.00 bits per heavy atom. The molecular weight excluding hydrogens is 226 g/mol. The first-order valence-electron chi connectivity index (χ1n) is 5.16. The Morgan fingerprint density at radius 1 is 1.23 bits per heavy atom. The van der Waals surface area contributed by atoms with Gasteiger partial charge in [0.1, 0.15) is 0 Å². The van der Waals surface area contributed by atoms with Crippen LogP contribution >= 0.6 is 15.9 Å². The molecule has 1 nitrogen and oxygen atoms in total. The smallest absolute Gasteiger partial charge is 0.0382 e. The third-order valence-electron chi connectivity index (χ3n) is 2.31. The molecule has 0 fully saturated rings. The lowest BCUT2D eigenvalue weighted by Gasteiger charge is -1.99. The van der Waals surface area contributed by atoms with Crippen LogP contribution in [0.15, 0.2) is 16.7 Å². The molecule has 0 aliphatic carbocycles. The van der Waals surface area contributed by atoms with Crippen LogP contribution in [0, 0.1) is 0 Å². The van der Waals surface area contributed by atoms with E-state index in [0.717, 1.165) is 0 Å². The minimum Gasteiger partial charge on any atom is -0.364 e. The van der Waals surface area contributed by atoms with E-state index in [9.17, 15) is 0 Å². The van der Waals surface area contributed by atoms with Gasteiger partial charge in [-0.3, -0.25) is 0 Å². The number of aromatic nitrogens is 1. The number of unbranched alkanes of at least 4 members (excludes halogenated alkanes) is 4. The maximum Gasteiger partial charge on any atom is 0.0382 e. The van der Waals surface area contributed by atoms with E-state index in [0.29, 0.717) is 0 Å². The van der Waals surface area contributed by atoms with Crippen molar-refractivity contribution in [3.63, 3.8) is 0 Å². The summed E-state index contributed by atoms with van der Waals surface area (Å²) in [4.78, 5) is 3.25. The summed E-state index contributed by atoms with van der Waals surface area (Å²) in [6.45, 7) is 2.25. The quantitative estimate of drug-likeness (QED) is 0.718. The summed E-state index contributed by atoms with van der Waals surface area (Å²) < 4.78 is 1.22. The normalized spacial score (nSPS) is 10.6. The Morgan fingerprint density at radius 3 is 2.62 bits per heavy atom. The zero-order chi connectivity index (χ0) is 9.52. The number of H-pyrrole nitrogens is 1. The highest BCUT2D eigenvalue weighted by Gasteiger charge is 1.99. The molecule has 1 rings (SSSR count). The molecule has 0 aliphatic rings. The lowest BCUT2D eigenvalue weighted by atomic mass is 10.1. The second-order valence-corrected chi connectivity index (χ2v) is 4.32. The summed E-state index contributed by atoms with van der Waals surface area (Å²) in [6.07, 6.45) is 9.92. The van der Waals surface area contributed by atoms with E-state index in [1.165, 1.54) is 48.7 Å². The molecule has 0 aromatic carbocycles. The van der Waals surface area contributed by atoms with Crippen molar-refractivity contribution in [1.82, 2.24) is 4.98 Å². The highest BCUT2D eigenvalue weighted by molar-refractivity contribution is 9.10. The van der Waals surface area contributed by atoms with Gasteiger partial charge >= 0.3 is 0 Å². The van der Waals surface area contributed by atoms with Crippen LogP contribution in [0.4, 0.5) is 0 Å². The number of hydrogen-bond donors (Lipinski definition) is 1. The summed E-state index contributed by atoms with van der Waals surface area (Å²) in [5.41, 5.74) is 1.34. The first kappa shape index (κ1) is 10.8. The maximum absolute atomic E-state index is 3.52. The molecule has 0 amide bonds. The van der Waals surface area contributed by atoms with Crippen LogP contribution in [0.3, 0.4) is 0 Å². The number of aryl methyl sites for hydroxylation is 1. The molecule has 0 spiro atoms.